The summed E-state index contributed by atoms with van der Waals surface area (Å²) in [5.41, 5.74) is 5.36. The van der Waals surface area contributed by atoms with E-state index in [4.69, 9.17) is 5.73 Å². The molecule has 0 aliphatic carbocycles. The van der Waals surface area contributed by atoms with Crippen LogP contribution in [-0.4, -0.2) is 29.0 Å². The normalized spacial score (nSPS) is 11.9. The van der Waals surface area contributed by atoms with Crippen LogP contribution in [0.5, 0.6) is 0 Å². The van der Waals surface area contributed by atoms with E-state index in [1.54, 1.807) is 14.0 Å². The van der Waals surface area contributed by atoms with Gasteiger partial charge in [0.05, 0.1) is 12.4 Å². The molecule has 0 spiro atoms. The summed E-state index contributed by atoms with van der Waals surface area (Å²) in [7, 11) is 1.58. The number of hydrogen-bond acceptors (Lipinski definition) is 5. The first-order chi connectivity index (χ1) is 6.63. The molecule has 1 aromatic rings. The van der Waals surface area contributed by atoms with E-state index in [0.717, 1.165) is 0 Å². The summed E-state index contributed by atoms with van der Waals surface area (Å²) in [5.74, 6) is 0.766. The number of nitrogens with one attached hydrogen (secondary N) is 2. The van der Waals surface area contributed by atoms with Crippen LogP contribution in [0.1, 0.15) is 6.92 Å². The summed E-state index contributed by atoms with van der Waals surface area (Å²) in [6.45, 7) is 1.73. The molecule has 0 saturated carbocycles. The van der Waals surface area contributed by atoms with Gasteiger partial charge in [-0.2, -0.15) is 0 Å². The molecule has 1 heterocycles. The lowest BCUT2D eigenvalue weighted by atomic mass is 10.3. The zero-order valence-corrected chi connectivity index (χ0v) is 8.11. The van der Waals surface area contributed by atoms with Crippen LogP contribution in [0, 0.1) is 0 Å². The van der Waals surface area contributed by atoms with E-state index in [1.165, 1.54) is 12.4 Å². The number of nitrogens with zero attached hydrogens (tertiary/aromatic N) is 2. The molecule has 1 aromatic heterocycles. The summed E-state index contributed by atoms with van der Waals surface area (Å²) in [4.78, 5) is 18.9. The molecule has 0 bridgehead atoms. The van der Waals surface area contributed by atoms with Crippen molar-refractivity contribution in [3.05, 3.63) is 12.4 Å². The van der Waals surface area contributed by atoms with Crippen molar-refractivity contribution in [3.8, 4) is 0 Å². The summed E-state index contributed by atoms with van der Waals surface area (Å²) >= 11 is 0. The van der Waals surface area contributed by atoms with Gasteiger partial charge in [0.25, 0.3) is 0 Å². The number of nitrogen functional groups attached to an aromatic ring is 1. The molecular weight excluding hydrogens is 182 g/mol. The molecule has 1 rings (SSSR count). The fraction of sp³-hybridized carbons (Fsp3) is 0.375. The third-order valence-electron chi connectivity index (χ3n) is 1.68. The van der Waals surface area contributed by atoms with Gasteiger partial charge in [0, 0.05) is 7.05 Å². The number of rotatable bonds is 3. The molecule has 6 nitrogen and oxygen atoms in total. The molecular formula is C8H13N5O. The average molecular weight is 195 g/mol. The van der Waals surface area contributed by atoms with E-state index in [0.29, 0.717) is 11.6 Å². The van der Waals surface area contributed by atoms with E-state index >= 15 is 0 Å². The second-order valence-electron chi connectivity index (χ2n) is 2.81. The first kappa shape index (κ1) is 10.2. The van der Waals surface area contributed by atoms with Crippen molar-refractivity contribution in [2.45, 2.75) is 13.0 Å². The van der Waals surface area contributed by atoms with E-state index in [1.807, 2.05) is 0 Å². The van der Waals surface area contributed by atoms with Gasteiger partial charge in [-0.05, 0) is 6.92 Å². The second-order valence-corrected chi connectivity index (χ2v) is 2.81. The zero-order valence-electron chi connectivity index (χ0n) is 8.11. The van der Waals surface area contributed by atoms with Gasteiger partial charge in [0.1, 0.15) is 17.7 Å². The van der Waals surface area contributed by atoms with Crippen LogP contribution in [0.25, 0.3) is 0 Å². The average Bonchev–Trinajstić information content (AvgIpc) is 2.20. The van der Waals surface area contributed by atoms with Crippen LogP contribution in [-0.2, 0) is 4.79 Å². The van der Waals surface area contributed by atoms with Crippen LogP contribution in [0.15, 0.2) is 12.4 Å². The van der Waals surface area contributed by atoms with Crippen molar-refractivity contribution in [1.29, 1.82) is 0 Å². The number of likely N-dealkylation sites (N-methyl/N-ethyl adjacent to an activating group) is 1. The quantitative estimate of drug-likeness (QED) is 0.610. The van der Waals surface area contributed by atoms with Crippen molar-refractivity contribution in [2.24, 2.45) is 0 Å². The van der Waals surface area contributed by atoms with E-state index in [9.17, 15) is 4.79 Å². The third kappa shape index (κ3) is 2.58. The number of anilines is 2. The fourth-order valence-corrected chi connectivity index (χ4v) is 0.916. The number of hydrogen-bond donors (Lipinski definition) is 3. The van der Waals surface area contributed by atoms with Crippen molar-refractivity contribution in [1.82, 2.24) is 15.3 Å². The van der Waals surface area contributed by atoms with Crippen LogP contribution in [0.2, 0.25) is 0 Å². The molecule has 0 aliphatic rings. The summed E-state index contributed by atoms with van der Waals surface area (Å²) < 4.78 is 0. The molecule has 1 amide bonds. The maximum atomic E-state index is 11.1. The maximum absolute atomic E-state index is 11.1. The molecule has 76 valence electrons. The second kappa shape index (κ2) is 4.40. The minimum absolute atomic E-state index is 0.108. The Balaban J connectivity index is 2.60. The number of nitrogens with two attached hydrogens (primary N) is 1. The Hall–Kier alpha value is -1.85. The van der Waals surface area contributed by atoms with Gasteiger partial charge in [0.15, 0.2) is 0 Å². The smallest absolute Gasteiger partial charge is 0.241 e. The zero-order chi connectivity index (χ0) is 10.6. The van der Waals surface area contributed by atoms with Gasteiger partial charge in [-0.25, -0.2) is 9.97 Å². The first-order valence-electron chi connectivity index (χ1n) is 4.19. The number of carbonyl (C=O) groups is 1. The molecule has 4 N–H and O–H groups in total. The SMILES string of the molecule is CNC(=O)C(C)Nc1cnc(N)cn1. The lowest BCUT2D eigenvalue weighted by molar-refractivity contribution is -0.121. The highest BCUT2D eigenvalue weighted by Crippen LogP contribution is 2.03. The van der Waals surface area contributed by atoms with Crippen molar-refractivity contribution >= 4 is 17.5 Å². The van der Waals surface area contributed by atoms with Crippen molar-refractivity contribution in [2.75, 3.05) is 18.1 Å². The third-order valence-corrected chi connectivity index (χ3v) is 1.68. The predicted molar refractivity (Wildman–Crippen MR) is 53.6 cm³/mol. The van der Waals surface area contributed by atoms with E-state index in [-0.39, 0.29) is 11.9 Å². The Morgan fingerprint density at radius 2 is 2.21 bits per heavy atom. The Bertz CT molecular complexity index is 310. The first-order valence-corrected chi connectivity index (χ1v) is 4.19. The van der Waals surface area contributed by atoms with Gasteiger partial charge in [-0.15, -0.1) is 0 Å². The molecule has 0 aliphatic heterocycles. The minimum Gasteiger partial charge on any atom is -0.382 e. The van der Waals surface area contributed by atoms with Crippen molar-refractivity contribution < 1.29 is 4.79 Å². The fourth-order valence-electron chi connectivity index (χ4n) is 0.916. The monoisotopic (exact) mass is 195 g/mol. The molecule has 1 atom stereocenters. The lowest BCUT2D eigenvalue weighted by Crippen LogP contribution is -2.35. The highest BCUT2D eigenvalue weighted by molar-refractivity contribution is 5.83. The van der Waals surface area contributed by atoms with Gasteiger partial charge >= 0.3 is 0 Å². The molecule has 6 heteroatoms. The Morgan fingerprint density at radius 3 is 2.71 bits per heavy atom. The number of amides is 1. The van der Waals surface area contributed by atoms with Crippen molar-refractivity contribution in [3.63, 3.8) is 0 Å². The number of carbonyl (C=O) groups excluding carboxylic acids is 1. The standard InChI is InChI=1S/C8H13N5O/c1-5(8(14)10-2)13-7-4-11-6(9)3-12-7/h3-5H,1-2H3,(H2,9,11)(H,10,14)(H,12,13). The largest absolute Gasteiger partial charge is 0.382 e. The van der Waals surface area contributed by atoms with Crippen LogP contribution < -0.4 is 16.4 Å². The highest BCUT2D eigenvalue weighted by atomic mass is 16.2. The molecule has 14 heavy (non-hydrogen) atoms. The number of aromatic nitrogens is 2. The van der Waals surface area contributed by atoms with Crippen LogP contribution in [0.4, 0.5) is 11.6 Å². The molecule has 1 unspecified atom stereocenters. The van der Waals surface area contributed by atoms with Gasteiger partial charge in [0.2, 0.25) is 5.91 Å². The summed E-state index contributed by atoms with van der Waals surface area (Å²) in [6, 6.07) is -0.349. The molecule has 0 aromatic carbocycles. The predicted octanol–water partition coefficient (Wildman–Crippen LogP) is -0.395. The topological polar surface area (TPSA) is 92.9 Å². The summed E-state index contributed by atoms with van der Waals surface area (Å²) in [5, 5.41) is 5.40. The highest BCUT2D eigenvalue weighted by Gasteiger charge is 2.10. The minimum atomic E-state index is -0.349. The Morgan fingerprint density at radius 1 is 1.50 bits per heavy atom. The Labute approximate surface area is 81.9 Å². The van der Waals surface area contributed by atoms with Gasteiger partial charge < -0.3 is 16.4 Å². The van der Waals surface area contributed by atoms with E-state index in [2.05, 4.69) is 20.6 Å². The lowest BCUT2D eigenvalue weighted by Gasteiger charge is -2.11. The maximum Gasteiger partial charge on any atom is 0.241 e. The molecule has 0 fully saturated rings. The van der Waals surface area contributed by atoms with Crippen LogP contribution in [0.3, 0.4) is 0 Å². The Kier molecular flexibility index (Phi) is 3.22. The van der Waals surface area contributed by atoms with Gasteiger partial charge in [-0.1, -0.05) is 0 Å². The van der Waals surface area contributed by atoms with Gasteiger partial charge in [-0.3, -0.25) is 4.79 Å². The molecule has 0 radical (unpaired) electrons. The van der Waals surface area contributed by atoms with E-state index < -0.39 is 0 Å². The van der Waals surface area contributed by atoms with Crippen LogP contribution >= 0.6 is 0 Å². The summed E-state index contributed by atoms with van der Waals surface area (Å²) in [6.07, 6.45) is 2.91. The molecule has 0 saturated heterocycles.